The number of methoxy groups -OCH3 is 1. The fourth-order valence-electron chi connectivity index (χ4n) is 1.48. The fraction of sp³-hybridized carbons (Fsp3) is 0.462. The number of carbonyl (C=O) groups excluding carboxylic acids is 1. The summed E-state index contributed by atoms with van der Waals surface area (Å²) in [5.74, 6) is -0.352. The first-order valence-electron chi connectivity index (χ1n) is 5.51. The van der Waals surface area contributed by atoms with Crippen molar-refractivity contribution in [3.63, 3.8) is 0 Å². The van der Waals surface area contributed by atoms with Crippen LogP contribution in [0.3, 0.4) is 0 Å². The second-order valence-electron chi connectivity index (χ2n) is 3.74. The standard InChI is InChI=1S/C13H17FO3/c1-10-9-11(14)3-4-12(10)13(15)5-6-17-8-7-16-2/h3-4,9H,5-8H2,1-2H3. The van der Waals surface area contributed by atoms with E-state index in [4.69, 9.17) is 9.47 Å². The van der Waals surface area contributed by atoms with E-state index in [0.717, 1.165) is 0 Å². The zero-order valence-corrected chi connectivity index (χ0v) is 10.2. The van der Waals surface area contributed by atoms with E-state index in [0.29, 0.717) is 37.4 Å². The summed E-state index contributed by atoms with van der Waals surface area (Å²) in [4.78, 5) is 11.8. The Morgan fingerprint density at radius 1 is 1.29 bits per heavy atom. The molecule has 0 N–H and O–H groups in total. The molecule has 0 saturated carbocycles. The minimum Gasteiger partial charge on any atom is -0.382 e. The van der Waals surface area contributed by atoms with Gasteiger partial charge in [0.25, 0.3) is 0 Å². The number of hydrogen-bond acceptors (Lipinski definition) is 3. The van der Waals surface area contributed by atoms with Crippen molar-refractivity contribution in [1.82, 2.24) is 0 Å². The molecule has 4 heteroatoms. The van der Waals surface area contributed by atoms with Crippen LogP contribution in [-0.2, 0) is 9.47 Å². The lowest BCUT2D eigenvalue weighted by Crippen LogP contribution is -2.09. The molecule has 0 bridgehead atoms. The largest absolute Gasteiger partial charge is 0.382 e. The first kappa shape index (κ1) is 13.8. The van der Waals surface area contributed by atoms with Crippen LogP contribution in [0, 0.1) is 12.7 Å². The molecule has 0 spiro atoms. The summed E-state index contributed by atoms with van der Waals surface area (Å²) < 4.78 is 22.9. The average molecular weight is 240 g/mol. The highest BCUT2D eigenvalue weighted by molar-refractivity contribution is 5.97. The van der Waals surface area contributed by atoms with Crippen LogP contribution in [0.4, 0.5) is 4.39 Å². The Morgan fingerprint density at radius 2 is 2.06 bits per heavy atom. The smallest absolute Gasteiger partial charge is 0.165 e. The molecule has 1 rings (SSSR count). The van der Waals surface area contributed by atoms with Gasteiger partial charge in [0.1, 0.15) is 5.82 Å². The minimum atomic E-state index is -0.324. The monoisotopic (exact) mass is 240 g/mol. The van der Waals surface area contributed by atoms with Gasteiger partial charge in [0.2, 0.25) is 0 Å². The third-order valence-electron chi connectivity index (χ3n) is 2.39. The maximum Gasteiger partial charge on any atom is 0.165 e. The van der Waals surface area contributed by atoms with Crippen molar-refractivity contribution in [2.75, 3.05) is 26.9 Å². The topological polar surface area (TPSA) is 35.5 Å². The molecule has 0 saturated heterocycles. The zero-order chi connectivity index (χ0) is 12.7. The summed E-state index contributed by atoms with van der Waals surface area (Å²) >= 11 is 0. The number of ether oxygens (including phenoxy) is 2. The first-order chi connectivity index (χ1) is 8.15. The Balaban J connectivity index is 2.42. The van der Waals surface area contributed by atoms with Crippen molar-refractivity contribution < 1.29 is 18.7 Å². The number of rotatable bonds is 7. The maximum absolute atomic E-state index is 12.9. The van der Waals surface area contributed by atoms with Gasteiger partial charge in [-0.3, -0.25) is 4.79 Å². The Kier molecular flexibility index (Phi) is 5.80. The van der Waals surface area contributed by atoms with Crippen LogP contribution in [0.15, 0.2) is 18.2 Å². The molecule has 1 aromatic rings. The summed E-state index contributed by atoms with van der Waals surface area (Å²) in [6.45, 7) is 3.08. The number of ketones is 1. The van der Waals surface area contributed by atoms with Crippen molar-refractivity contribution in [3.8, 4) is 0 Å². The van der Waals surface area contributed by atoms with Crippen LogP contribution >= 0.6 is 0 Å². The highest BCUT2D eigenvalue weighted by Gasteiger charge is 2.09. The van der Waals surface area contributed by atoms with E-state index < -0.39 is 0 Å². The van der Waals surface area contributed by atoms with Crippen molar-refractivity contribution in [3.05, 3.63) is 35.1 Å². The second kappa shape index (κ2) is 7.14. The summed E-state index contributed by atoms with van der Waals surface area (Å²) in [5.41, 5.74) is 1.22. The molecule has 0 aromatic heterocycles. The molecular formula is C13H17FO3. The van der Waals surface area contributed by atoms with Crippen molar-refractivity contribution >= 4 is 5.78 Å². The molecule has 0 heterocycles. The quantitative estimate of drug-likeness (QED) is 0.542. The molecule has 0 amide bonds. The van der Waals surface area contributed by atoms with Gasteiger partial charge < -0.3 is 9.47 Å². The molecule has 0 atom stereocenters. The van der Waals surface area contributed by atoms with Crippen molar-refractivity contribution in [1.29, 1.82) is 0 Å². The molecule has 0 fully saturated rings. The van der Waals surface area contributed by atoms with Gasteiger partial charge in [0.15, 0.2) is 5.78 Å². The van der Waals surface area contributed by atoms with E-state index in [1.165, 1.54) is 18.2 Å². The third-order valence-corrected chi connectivity index (χ3v) is 2.39. The molecule has 0 aliphatic heterocycles. The van der Waals surface area contributed by atoms with Gasteiger partial charge in [-0.25, -0.2) is 4.39 Å². The van der Waals surface area contributed by atoms with Crippen LogP contribution in [0.5, 0.6) is 0 Å². The lowest BCUT2D eigenvalue weighted by molar-refractivity contribution is 0.0641. The van der Waals surface area contributed by atoms with Gasteiger partial charge in [0, 0.05) is 19.1 Å². The maximum atomic E-state index is 12.9. The first-order valence-corrected chi connectivity index (χ1v) is 5.51. The summed E-state index contributed by atoms with van der Waals surface area (Å²) in [5, 5.41) is 0. The molecule has 0 aliphatic rings. The van der Waals surface area contributed by atoms with E-state index in [1.807, 2.05) is 0 Å². The number of hydrogen-bond donors (Lipinski definition) is 0. The summed E-state index contributed by atoms with van der Waals surface area (Å²) in [6, 6.07) is 4.17. The highest BCUT2D eigenvalue weighted by Crippen LogP contribution is 2.12. The SMILES string of the molecule is COCCOCCC(=O)c1ccc(F)cc1C. The predicted octanol–water partition coefficient (Wildman–Crippen LogP) is 2.37. The normalized spacial score (nSPS) is 10.5. The van der Waals surface area contributed by atoms with Gasteiger partial charge in [-0.2, -0.15) is 0 Å². The minimum absolute atomic E-state index is 0.0279. The Hall–Kier alpha value is -1.26. The van der Waals surface area contributed by atoms with E-state index in [-0.39, 0.29) is 11.6 Å². The van der Waals surface area contributed by atoms with Gasteiger partial charge in [-0.05, 0) is 30.7 Å². The van der Waals surface area contributed by atoms with Gasteiger partial charge in [0.05, 0.1) is 19.8 Å². The molecule has 0 unspecified atom stereocenters. The summed E-state index contributed by atoms with van der Waals surface area (Å²) in [7, 11) is 1.59. The van der Waals surface area contributed by atoms with E-state index >= 15 is 0 Å². The zero-order valence-electron chi connectivity index (χ0n) is 10.2. The van der Waals surface area contributed by atoms with E-state index in [1.54, 1.807) is 14.0 Å². The molecule has 94 valence electrons. The van der Waals surface area contributed by atoms with E-state index in [9.17, 15) is 9.18 Å². The van der Waals surface area contributed by atoms with Crippen LogP contribution in [0.1, 0.15) is 22.3 Å². The second-order valence-corrected chi connectivity index (χ2v) is 3.74. The molecule has 3 nitrogen and oxygen atoms in total. The third kappa shape index (κ3) is 4.63. The molecule has 0 radical (unpaired) electrons. The average Bonchev–Trinajstić information content (AvgIpc) is 2.28. The molecular weight excluding hydrogens is 223 g/mol. The van der Waals surface area contributed by atoms with Crippen molar-refractivity contribution in [2.24, 2.45) is 0 Å². The Morgan fingerprint density at radius 3 is 2.71 bits per heavy atom. The molecule has 1 aromatic carbocycles. The van der Waals surface area contributed by atoms with Crippen LogP contribution in [-0.4, -0.2) is 32.7 Å². The van der Waals surface area contributed by atoms with Gasteiger partial charge >= 0.3 is 0 Å². The number of benzene rings is 1. The molecule has 0 aliphatic carbocycles. The highest BCUT2D eigenvalue weighted by atomic mass is 19.1. The lowest BCUT2D eigenvalue weighted by atomic mass is 10.0. The predicted molar refractivity (Wildman–Crippen MR) is 62.8 cm³/mol. The van der Waals surface area contributed by atoms with Crippen LogP contribution < -0.4 is 0 Å². The molecule has 17 heavy (non-hydrogen) atoms. The lowest BCUT2D eigenvalue weighted by Gasteiger charge is -2.06. The number of halogens is 1. The van der Waals surface area contributed by atoms with Crippen molar-refractivity contribution in [2.45, 2.75) is 13.3 Å². The Labute approximate surface area is 101 Å². The number of Topliss-reactive ketones (excluding diaryl/α,β-unsaturated/α-hetero) is 1. The van der Waals surface area contributed by atoms with Gasteiger partial charge in [-0.15, -0.1) is 0 Å². The van der Waals surface area contributed by atoms with Crippen LogP contribution in [0.25, 0.3) is 0 Å². The van der Waals surface area contributed by atoms with Crippen LogP contribution in [0.2, 0.25) is 0 Å². The Bertz CT molecular complexity index is 377. The van der Waals surface area contributed by atoms with E-state index in [2.05, 4.69) is 0 Å². The summed E-state index contributed by atoms with van der Waals surface area (Å²) in [6.07, 6.45) is 0.302. The number of aryl methyl sites for hydroxylation is 1. The number of carbonyl (C=O) groups is 1. The fourth-order valence-corrected chi connectivity index (χ4v) is 1.48. The van der Waals surface area contributed by atoms with Gasteiger partial charge in [-0.1, -0.05) is 0 Å².